The number of aliphatic hydroxyl groups is 1. The van der Waals surface area contributed by atoms with Crippen LogP contribution in [-0.4, -0.2) is 40.0 Å². The molecule has 2 rings (SSSR count). The zero-order valence-electron chi connectivity index (χ0n) is 11.4. The number of amides is 1. The Kier molecular flexibility index (Phi) is 4.34. The van der Waals surface area contributed by atoms with Crippen LogP contribution in [0.4, 0.5) is 5.69 Å². The molecule has 1 atom stereocenters. The highest BCUT2D eigenvalue weighted by Gasteiger charge is 2.27. The summed E-state index contributed by atoms with van der Waals surface area (Å²) in [6.45, 7) is 2.20. The fourth-order valence-electron chi connectivity index (χ4n) is 2.62. The maximum Gasteiger partial charge on any atom is 0.272 e. The van der Waals surface area contributed by atoms with Crippen LogP contribution in [0, 0.1) is 17.0 Å². The van der Waals surface area contributed by atoms with Crippen molar-refractivity contribution in [3.63, 3.8) is 0 Å². The molecule has 6 nitrogen and oxygen atoms in total. The van der Waals surface area contributed by atoms with E-state index in [0.29, 0.717) is 17.7 Å². The molecule has 0 saturated carbocycles. The minimum atomic E-state index is -0.457. The molecule has 1 aliphatic heterocycles. The third kappa shape index (κ3) is 2.80. The number of hydrogen-bond donors (Lipinski definition) is 1. The van der Waals surface area contributed by atoms with Crippen molar-refractivity contribution in [1.82, 2.24) is 4.90 Å². The lowest BCUT2D eigenvalue weighted by Gasteiger charge is -2.34. The number of hydrogen-bond acceptors (Lipinski definition) is 4. The lowest BCUT2D eigenvalue weighted by atomic mass is 10.0. The van der Waals surface area contributed by atoms with E-state index < -0.39 is 4.92 Å². The molecule has 0 bridgehead atoms. The molecular formula is C14H18N2O4. The second kappa shape index (κ2) is 6.00. The number of carbonyl (C=O) groups is 1. The third-order valence-corrected chi connectivity index (χ3v) is 3.74. The van der Waals surface area contributed by atoms with Crippen LogP contribution in [0.3, 0.4) is 0 Å². The van der Waals surface area contributed by atoms with E-state index in [4.69, 9.17) is 0 Å². The number of nitrogens with zero attached hydrogens (tertiary/aromatic N) is 2. The molecule has 20 heavy (non-hydrogen) atoms. The molecule has 1 aromatic rings. The largest absolute Gasteiger partial charge is 0.394 e. The summed E-state index contributed by atoms with van der Waals surface area (Å²) in [6, 6.07) is 4.24. The van der Waals surface area contributed by atoms with Crippen LogP contribution < -0.4 is 0 Å². The molecular weight excluding hydrogens is 260 g/mol. The summed E-state index contributed by atoms with van der Waals surface area (Å²) in [4.78, 5) is 24.4. The smallest absolute Gasteiger partial charge is 0.272 e. The van der Waals surface area contributed by atoms with Crippen LogP contribution in [0.25, 0.3) is 0 Å². The molecule has 1 aromatic carbocycles. The Balaban J connectivity index is 2.24. The van der Waals surface area contributed by atoms with Crippen LogP contribution in [0.1, 0.15) is 35.2 Å². The first-order valence-corrected chi connectivity index (χ1v) is 6.71. The Morgan fingerprint density at radius 2 is 2.25 bits per heavy atom. The van der Waals surface area contributed by atoms with Crippen molar-refractivity contribution in [2.24, 2.45) is 0 Å². The average Bonchev–Trinajstić information content (AvgIpc) is 2.45. The maximum absolute atomic E-state index is 12.4. The van der Waals surface area contributed by atoms with Gasteiger partial charge >= 0.3 is 0 Å². The molecule has 1 N–H and O–H groups in total. The number of benzene rings is 1. The predicted molar refractivity (Wildman–Crippen MR) is 73.6 cm³/mol. The molecule has 0 spiro atoms. The van der Waals surface area contributed by atoms with Gasteiger partial charge in [0.1, 0.15) is 0 Å². The molecule has 1 unspecified atom stereocenters. The monoisotopic (exact) mass is 278 g/mol. The Bertz CT molecular complexity index is 530. The molecule has 1 aliphatic rings. The van der Waals surface area contributed by atoms with Gasteiger partial charge in [0, 0.05) is 23.7 Å². The number of aliphatic hydroxyl groups excluding tert-OH is 1. The number of piperidine rings is 1. The van der Waals surface area contributed by atoms with Crippen molar-refractivity contribution in [2.75, 3.05) is 13.2 Å². The maximum atomic E-state index is 12.4. The summed E-state index contributed by atoms with van der Waals surface area (Å²) >= 11 is 0. The highest BCUT2D eigenvalue weighted by Crippen LogP contribution is 2.23. The summed E-state index contributed by atoms with van der Waals surface area (Å²) in [6.07, 6.45) is 2.73. The Morgan fingerprint density at radius 1 is 1.50 bits per heavy atom. The summed E-state index contributed by atoms with van der Waals surface area (Å²) in [5.41, 5.74) is 0.922. The number of likely N-dealkylation sites (tertiary alicyclic amines) is 1. The van der Waals surface area contributed by atoms with Crippen LogP contribution >= 0.6 is 0 Å². The molecule has 0 aromatic heterocycles. The van der Waals surface area contributed by atoms with Gasteiger partial charge in [-0.05, 0) is 38.3 Å². The average molecular weight is 278 g/mol. The number of aryl methyl sites for hydroxylation is 1. The molecule has 108 valence electrons. The van der Waals surface area contributed by atoms with Crippen molar-refractivity contribution in [2.45, 2.75) is 32.2 Å². The van der Waals surface area contributed by atoms with Gasteiger partial charge in [-0.3, -0.25) is 14.9 Å². The number of nitro groups is 1. The van der Waals surface area contributed by atoms with Crippen LogP contribution in [0.2, 0.25) is 0 Å². The topological polar surface area (TPSA) is 83.7 Å². The van der Waals surface area contributed by atoms with E-state index in [2.05, 4.69) is 0 Å². The first-order valence-electron chi connectivity index (χ1n) is 6.71. The summed E-state index contributed by atoms with van der Waals surface area (Å²) < 4.78 is 0. The van der Waals surface area contributed by atoms with Gasteiger partial charge in [-0.2, -0.15) is 0 Å². The van der Waals surface area contributed by atoms with Gasteiger partial charge in [-0.15, -0.1) is 0 Å². The van der Waals surface area contributed by atoms with E-state index in [1.807, 2.05) is 0 Å². The van der Waals surface area contributed by atoms with Gasteiger partial charge in [0.05, 0.1) is 17.6 Å². The van der Waals surface area contributed by atoms with Crippen molar-refractivity contribution < 1.29 is 14.8 Å². The minimum absolute atomic E-state index is 0.0129. The summed E-state index contributed by atoms with van der Waals surface area (Å²) in [5.74, 6) is -0.165. The second-order valence-corrected chi connectivity index (χ2v) is 5.09. The van der Waals surface area contributed by atoms with Crippen molar-refractivity contribution in [1.29, 1.82) is 0 Å². The van der Waals surface area contributed by atoms with Gasteiger partial charge < -0.3 is 10.0 Å². The highest BCUT2D eigenvalue weighted by atomic mass is 16.6. The molecule has 1 heterocycles. The van der Waals surface area contributed by atoms with Crippen LogP contribution in [0.5, 0.6) is 0 Å². The van der Waals surface area contributed by atoms with E-state index in [1.54, 1.807) is 17.9 Å². The van der Waals surface area contributed by atoms with Crippen LogP contribution in [-0.2, 0) is 0 Å². The standard InChI is InChI=1S/C14H18N2O4/c1-10-8-11(5-6-13(10)16(19)20)14(18)15-7-3-2-4-12(15)9-17/h5-6,8,12,17H,2-4,7,9H2,1H3. The number of rotatable bonds is 3. The minimum Gasteiger partial charge on any atom is -0.394 e. The summed E-state index contributed by atoms with van der Waals surface area (Å²) in [7, 11) is 0. The van der Waals surface area contributed by atoms with Crippen molar-refractivity contribution in [3.05, 3.63) is 39.4 Å². The Labute approximate surface area is 117 Å². The zero-order chi connectivity index (χ0) is 14.7. The van der Waals surface area contributed by atoms with Gasteiger partial charge in [0.25, 0.3) is 11.6 Å². The molecule has 1 amide bonds. The SMILES string of the molecule is Cc1cc(C(=O)N2CCCCC2CO)ccc1[N+](=O)[O-]. The normalized spacial score (nSPS) is 18.9. The fourth-order valence-corrected chi connectivity index (χ4v) is 2.62. The van der Waals surface area contributed by atoms with E-state index in [1.165, 1.54) is 12.1 Å². The molecule has 0 aliphatic carbocycles. The van der Waals surface area contributed by atoms with Crippen molar-refractivity contribution >= 4 is 11.6 Å². The van der Waals surface area contributed by atoms with Gasteiger partial charge in [0.15, 0.2) is 0 Å². The second-order valence-electron chi connectivity index (χ2n) is 5.09. The van der Waals surface area contributed by atoms with Crippen molar-refractivity contribution in [3.8, 4) is 0 Å². The first kappa shape index (κ1) is 14.5. The number of carbonyl (C=O) groups excluding carboxylic acids is 1. The quantitative estimate of drug-likeness (QED) is 0.676. The Morgan fingerprint density at radius 3 is 2.85 bits per heavy atom. The van der Waals surface area contributed by atoms with Gasteiger partial charge in [-0.1, -0.05) is 0 Å². The highest BCUT2D eigenvalue weighted by molar-refractivity contribution is 5.95. The number of nitro benzene ring substituents is 1. The molecule has 1 fully saturated rings. The van der Waals surface area contributed by atoms with E-state index >= 15 is 0 Å². The third-order valence-electron chi connectivity index (χ3n) is 3.74. The Hall–Kier alpha value is -1.95. The molecule has 0 radical (unpaired) electrons. The van der Waals surface area contributed by atoms with Crippen LogP contribution in [0.15, 0.2) is 18.2 Å². The lowest BCUT2D eigenvalue weighted by molar-refractivity contribution is -0.385. The van der Waals surface area contributed by atoms with E-state index in [0.717, 1.165) is 19.3 Å². The van der Waals surface area contributed by atoms with E-state index in [9.17, 15) is 20.0 Å². The van der Waals surface area contributed by atoms with Gasteiger partial charge in [-0.25, -0.2) is 0 Å². The lowest BCUT2D eigenvalue weighted by Crippen LogP contribution is -2.45. The molecule has 1 saturated heterocycles. The predicted octanol–water partition coefficient (Wildman–Crippen LogP) is 1.89. The first-order chi connectivity index (χ1) is 9.54. The zero-order valence-corrected chi connectivity index (χ0v) is 11.4. The molecule has 6 heteroatoms. The van der Waals surface area contributed by atoms with Gasteiger partial charge in [0.2, 0.25) is 0 Å². The summed E-state index contributed by atoms with van der Waals surface area (Å²) in [5, 5.41) is 20.1. The van der Waals surface area contributed by atoms with E-state index in [-0.39, 0.29) is 24.2 Å². The fraction of sp³-hybridized carbons (Fsp3) is 0.500.